The predicted octanol–water partition coefficient (Wildman–Crippen LogP) is 3.03. The fourth-order valence-electron chi connectivity index (χ4n) is 2.13. The molecule has 4 heteroatoms. The lowest BCUT2D eigenvalue weighted by molar-refractivity contribution is 0.0992. The van der Waals surface area contributed by atoms with E-state index in [4.69, 9.17) is 5.73 Å². The number of para-hydroxylation sites is 1. The molecule has 108 valence electrons. The van der Waals surface area contributed by atoms with Crippen molar-refractivity contribution < 1.29 is 4.79 Å². The van der Waals surface area contributed by atoms with Crippen LogP contribution in [0.1, 0.15) is 27.7 Å². The van der Waals surface area contributed by atoms with Crippen LogP contribution in [0.4, 0.5) is 5.69 Å². The molecule has 0 fully saturated rings. The van der Waals surface area contributed by atoms with E-state index in [-0.39, 0.29) is 5.91 Å². The van der Waals surface area contributed by atoms with Crippen molar-refractivity contribution >= 4 is 22.9 Å². The highest BCUT2D eigenvalue weighted by Gasteiger charge is 2.20. The van der Waals surface area contributed by atoms with Gasteiger partial charge in [-0.05, 0) is 36.9 Å². The monoisotopic (exact) mass is 298 g/mol. The smallest absolute Gasteiger partial charge is 0.269 e. The summed E-state index contributed by atoms with van der Waals surface area (Å²) in [7, 11) is 0. The lowest BCUT2D eigenvalue weighted by Crippen LogP contribution is -2.31. The van der Waals surface area contributed by atoms with Crippen molar-refractivity contribution in [3.63, 3.8) is 0 Å². The van der Waals surface area contributed by atoms with Gasteiger partial charge < -0.3 is 10.6 Å². The molecule has 21 heavy (non-hydrogen) atoms. The van der Waals surface area contributed by atoms with Gasteiger partial charge in [-0.25, -0.2) is 0 Å². The second-order valence-electron chi connectivity index (χ2n) is 4.51. The number of hydrogen-bond donors (Lipinski definition) is 1. The average molecular weight is 298 g/mol. The number of amides is 1. The van der Waals surface area contributed by atoms with Crippen LogP contribution in [-0.2, 0) is 0 Å². The summed E-state index contributed by atoms with van der Waals surface area (Å²) in [5.41, 5.74) is 8.18. The van der Waals surface area contributed by atoms with Gasteiger partial charge in [0.05, 0.1) is 6.54 Å². The van der Waals surface area contributed by atoms with Crippen molar-refractivity contribution in [1.82, 2.24) is 0 Å². The Morgan fingerprint density at radius 2 is 2.10 bits per heavy atom. The Balaban J connectivity index is 2.38. The van der Waals surface area contributed by atoms with Crippen LogP contribution < -0.4 is 10.6 Å². The third-order valence-corrected chi connectivity index (χ3v) is 4.05. The normalized spacial score (nSPS) is 9.86. The van der Waals surface area contributed by atoms with Gasteiger partial charge in [-0.1, -0.05) is 30.0 Å². The predicted molar refractivity (Wildman–Crippen MR) is 88.8 cm³/mol. The van der Waals surface area contributed by atoms with Gasteiger partial charge in [0.1, 0.15) is 4.88 Å². The van der Waals surface area contributed by atoms with Crippen LogP contribution in [0.15, 0.2) is 35.7 Å². The number of benzene rings is 1. The first-order valence-corrected chi connectivity index (χ1v) is 7.71. The van der Waals surface area contributed by atoms with Crippen molar-refractivity contribution in [2.45, 2.75) is 13.8 Å². The van der Waals surface area contributed by atoms with Crippen molar-refractivity contribution in [2.24, 2.45) is 5.73 Å². The average Bonchev–Trinajstić information content (AvgIpc) is 2.96. The van der Waals surface area contributed by atoms with Gasteiger partial charge in [0.15, 0.2) is 0 Å². The number of nitrogens with two attached hydrogens (primary N) is 1. The SMILES string of the molecule is CCN(C(=O)c1sccc1C#CCN)c1ccccc1C. The number of anilines is 1. The van der Waals surface area contributed by atoms with Gasteiger partial charge in [-0.15, -0.1) is 11.3 Å². The Hall–Kier alpha value is -2.09. The maximum absolute atomic E-state index is 12.8. The van der Waals surface area contributed by atoms with Gasteiger partial charge in [0, 0.05) is 17.8 Å². The zero-order valence-electron chi connectivity index (χ0n) is 12.2. The molecule has 1 aromatic carbocycles. The number of hydrogen-bond acceptors (Lipinski definition) is 3. The molecule has 2 N–H and O–H groups in total. The lowest BCUT2D eigenvalue weighted by atomic mass is 10.1. The molecule has 0 aliphatic rings. The standard InChI is InChI=1S/C17H18N2OS/c1-3-19(15-9-5-4-7-13(15)2)17(20)16-14(8-6-11-18)10-12-21-16/h4-5,7,9-10,12H,3,11,18H2,1-2H3. The molecule has 0 bridgehead atoms. The Bertz CT molecular complexity index is 694. The first-order valence-electron chi connectivity index (χ1n) is 6.83. The van der Waals surface area contributed by atoms with E-state index in [0.29, 0.717) is 18.0 Å². The second-order valence-corrected chi connectivity index (χ2v) is 5.42. The lowest BCUT2D eigenvalue weighted by Gasteiger charge is -2.22. The molecule has 2 rings (SSSR count). The van der Waals surface area contributed by atoms with E-state index in [1.807, 2.05) is 49.6 Å². The fraction of sp³-hybridized carbons (Fsp3) is 0.235. The molecular formula is C17H18N2OS. The molecule has 0 aliphatic heterocycles. The van der Waals surface area contributed by atoms with Gasteiger partial charge in [0.25, 0.3) is 5.91 Å². The van der Waals surface area contributed by atoms with E-state index in [1.54, 1.807) is 4.90 Å². The highest BCUT2D eigenvalue weighted by molar-refractivity contribution is 7.12. The summed E-state index contributed by atoms with van der Waals surface area (Å²) in [4.78, 5) is 15.3. The molecule has 0 saturated carbocycles. The molecule has 1 amide bonds. The van der Waals surface area contributed by atoms with Crippen LogP contribution in [0.5, 0.6) is 0 Å². The van der Waals surface area contributed by atoms with Crippen LogP contribution in [0.25, 0.3) is 0 Å². The molecule has 0 atom stereocenters. The van der Waals surface area contributed by atoms with E-state index < -0.39 is 0 Å². The molecule has 0 spiro atoms. The zero-order chi connectivity index (χ0) is 15.2. The van der Waals surface area contributed by atoms with E-state index >= 15 is 0 Å². The molecule has 0 aliphatic carbocycles. The first kappa shape index (κ1) is 15.3. The number of nitrogens with zero attached hydrogens (tertiary/aromatic N) is 1. The molecule has 0 radical (unpaired) electrons. The molecule has 0 saturated heterocycles. The Morgan fingerprint density at radius 3 is 2.76 bits per heavy atom. The van der Waals surface area contributed by atoms with Gasteiger partial charge in [-0.3, -0.25) is 4.79 Å². The summed E-state index contributed by atoms with van der Waals surface area (Å²) in [6, 6.07) is 9.76. The Labute approximate surface area is 129 Å². The number of carbonyl (C=O) groups is 1. The summed E-state index contributed by atoms with van der Waals surface area (Å²) in [6.07, 6.45) is 0. The van der Waals surface area contributed by atoms with Crippen LogP contribution in [0.3, 0.4) is 0 Å². The Morgan fingerprint density at radius 1 is 1.33 bits per heavy atom. The third-order valence-electron chi connectivity index (χ3n) is 3.15. The molecule has 0 unspecified atom stereocenters. The molecule has 1 heterocycles. The summed E-state index contributed by atoms with van der Waals surface area (Å²) in [5.74, 6) is 5.76. The summed E-state index contributed by atoms with van der Waals surface area (Å²) < 4.78 is 0. The minimum Gasteiger partial charge on any atom is -0.320 e. The van der Waals surface area contributed by atoms with E-state index in [9.17, 15) is 4.79 Å². The van der Waals surface area contributed by atoms with Crippen LogP contribution in [-0.4, -0.2) is 19.0 Å². The van der Waals surface area contributed by atoms with Crippen molar-refractivity contribution in [3.05, 3.63) is 51.7 Å². The number of thiophene rings is 1. The highest BCUT2D eigenvalue weighted by Crippen LogP contribution is 2.25. The van der Waals surface area contributed by atoms with Gasteiger partial charge >= 0.3 is 0 Å². The third kappa shape index (κ3) is 3.33. The van der Waals surface area contributed by atoms with Crippen LogP contribution >= 0.6 is 11.3 Å². The van der Waals surface area contributed by atoms with Gasteiger partial charge in [0.2, 0.25) is 0 Å². The largest absolute Gasteiger partial charge is 0.320 e. The summed E-state index contributed by atoms with van der Waals surface area (Å²) >= 11 is 1.42. The molecule has 3 nitrogen and oxygen atoms in total. The summed E-state index contributed by atoms with van der Waals surface area (Å²) in [5, 5.41) is 1.89. The highest BCUT2D eigenvalue weighted by atomic mass is 32.1. The van der Waals surface area contributed by atoms with Crippen LogP contribution in [0, 0.1) is 18.8 Å². The van der Waals surface area contributed by atoms with Gasteiger partial charge in [-0.2, -0.15) is 0 Å². The quantitative estimate of drug-likeness (QED) is 0.885. The van der Waals surface area contributed by atoms with Crippen LogP contribution in [0.2, 0.25) is 0 Å². The van der Waals surface area contributed by atoms with Crippen molar-refractivity contribution in [1.29, 1.82) is 0 Å². The minimum absolute atomic E-state index is 0.0110. The molecule has 2 aromatic rings. The maximum Gasteiger partial charge on any atom is 0.269 e. The van der Waals surface area contributed by atoms with E-state index in [0.717, 1.165) is 16.8 Å². The summed E-state index contributed by atoms with van der Waals surface area (Å²) in [6.45, 7) is 4.89. The van der Waals surface area contributed by atoms with E-state index in [1.165, 1.54) is 11.3 Å². The topological polar surface area (TPSA) is 46.3 Å². The second kappa shape index (κ2) is 7.07. The fourth-order valence-corrected chi connectivity index (χ4v) is 2.93. The van der Waals surface area contributed by atoms with Crippen molar-refractivity contribution in [3.8, 4) is 11.8 Å². The Kier molecular flexibility index (Phi) is 5.15. The minimum atomic E-state index is -0.0110. The molecule has 1 aromatic heterocycles. The van der Waals surface area contributed by atoms with Crippen molar-refractivity contribution in [2.75, 3.05) is 18.0 Å². The zero-order valence-corrected chi connectivity index (χ0v) is 13.0. The molecular weight excluding hydrogens is 280 g/mol. The maximum atomic E-state index is 12.8. The van der Waals surface area contributed by atoms with E-state index in [2.05, 4.69) is 11.8 Å². The number of rotatable bonds is 3. The number of aryl methyl sites for hydroxylation is 1. The number of carbonyl (C=O) groups excluding carboxylic acids is 1. The first-order chi connectivity index (χ1) is 10.2.